The second-order valence-electron chi connectivity index (χ2n) is 6.55. The summed E-state index contributed by atoms with van der Waals surface area (Å²) in [7, 11) is 1.98. The minimum Gasteiger partial charge on any atom is -0.377 e. The normalized spacial score (nSPS) is 20.1. The van der Waals surface area contributed by atoms with Gasteiger partial charge in [-0.3, -0.25) is 9.59 Å². The van der Waals surface area contributed by atoms with E-state index in [0.29, 0.717) is 38.2 Å². The van der Waals surface area contributed by atoms with E-state index in [9.17, 15) is 9.59 Å². The second kappa shape index (κ2) is 6.37. The van der Waals surface area contributed by atoms with Crippen molar-refractivity contribution < 1.29 is 14.3 Å². The number of hydrogen-bond acceptors (Lipinski definition) is 3. The molecular formula is C19H21N3O3. The third kappa shape index (κ3) is 2.93. The van der Waals surface area contributed by atoms with Crippen molar-refractivity contribution >= 4 is 17.5 Å². The van der Waals surface area contributed by atoms with Gasteiger partial charge in [-0.15, -0.1) is 0 Å². The third-order valence-electron chi connectivity index (χ3n) is 4.96. The zero-order valence-corrected chi connectivity index (χ0v) is 14.2. The molecule has 1 N–H and O–H groups in total. The number of benzene rings is 1. The lowest BCUT2D eigenvalue weighted by atomic mass is 9.99. The maximum Gasteiger partial charge on any atom is 0.254 e. The van der Waals surface area contributed by atoms with Crippen LogP contribution in [-0.4, -0.2) is 41.0 Å². The summed E-state index contributed by atoms with van der Waals surface area (Å²) in [6, 6.07) is 9.46. The molecule has 0 aliphatic carbocycles. The fourth-order valence-electron chi connectivity index (χ4n) is 3.59. The Hall–Kier alpha value is -2.60. The van der Waals surface area contributed by atoms with Crippen molar-refractivity contribution in [1.82, 2.24) is 9.47 Å². The molecule has 25 heavy (non-hydrogen) atoms. The standard InChI is InChI=1S/C19H21N3O3/c1-21-8-2-3-16(21)17-12-25-10-9-22(17)19(24)14-4-6-15-13(11-14)5-7-18(23)20-15/h2-4,6,8,11,17H,5,7,9-10,12H2,1H3,(H,20,23)/t17-/m0/s1. The van der Waals surface area contributed by atoms with Crippen LogP contribution < -0.4 is 5.32 Å². The molecule has 1 saturated heterocycles. The van der Waals surface area contributed by atoms with Gasteiger partial charge in [0.05, 0.1) is 19.3 Å². The Kier molecular flexibility index (Phi) is 4.05. The first-order valence-corrected chi connectivity index (χ1v) is 8.56. The SMILES string of the molecule is Cn1cccc1[C@@H]1COCCN1C(=O)c1ccc2c(c1)CCC(=O)N2. The van der Waals surface area contributed by atoms with Crippen molar-refractivity contribution in [3.8, 4) is 0 Å². The summed E-state index contributed by atoms with van der Waals surface area (Å²) in [5.74, 6) is 0.0396. The lowest BCUT2D eigenvalue weighted by Crippen LogP contribution is -2.44. The second-order valence-corrected chi connectivity index (χ2v) is 6.55. The molecule has 0 radical (unpaired) electrons. The first-order chi connectivity index (χ1) is 12.1. The quantitative estimate of drug-likeness (QED) is 0.912. The number of ether oxygens (including phenoxy) is 1. The van der Waals surface area contributed by atoms with Gasteiger partial charge in [0, 0.05) is 43.2 Å². The van der Waals surface area contributed by atoms with Gasteiger partial charge in [-0.1, -0.05) is 0 Å². The van der Waals surface area contributed by atoms with Crippen LogP contribution in [0.15, 0.2) is 36.5 Å². The number of hydrogen-bond donors (Lipinski definition) is 1. The largest absolute Gasteiger partial charge is 0.377 e. The Morgan fingerprint density at radius 1 is 1.28 bits per heavy atom. The number of anilines is 1. The van der Waals surface area contributed by atoms with E-state index in [1.54, 1.807) is 6.07 Å². The molecular weight excluding hydrogens is 318 g/mol. The zero-order chi connectivity index (χ0) is 17.4. The van der Waals surface area contributed by atoms with Crippen LogP contribution in [0.5, 0.6) is 0 Å². The zero-order valence-electron chi connectivity index (χ0n) is 14.2. The molecule has 2 amide bonds. The molecule has 1 fully saturated rings. The van der Waals surface area contributed by atoms with Crippen LogP contribution in [0.1, 0.15) is 34.1 Å². The number of carbonyl (C=O) groups excluding carboxylic acids is 2. The highest BCUT2D eigenvalue weighted by Gasteiger charge is 2.31. The topological polar surface area (TPSA) is 63.6 Å². The Morgan fingerprint density at radius 2 is 2.16 bits per heavy atom. The van der Waals surface area contributed by atoms with E-state index in [1.807, 2.05) is 47.0 Å². The Bertz CT molecular complexity index is 827. The van der Waals surface area contributed by atoms with E-state index < -0.39 is 0 Å². The van der Waals surface area contributed by atoms with Crippen molar-refractivity contribution in [3.05, 3.63) is 53.3 Å². The first-order valence-electron chi connectivity index (χ1n) is 8.56. The minimum absolute atomic E-state index is 0.00852. The number of aromatic nitrogens is 1. The predicted molar refractivity (Wildman–Crippen MR) is 93.4 cm³/mol. The van der Waals surface area contributed by atoms with Crippen molar-refractivity contribution in [2.45, 2.75) is 18.9 Å². The smallest absolute Gasteiger partial charge is 0.254 e. The van der Waals surface area contributed by atoms with Gasteiger partial charge in [0.15, 0.2) is 0 Å². The highest BCUT2D eigenvalue weighted by Crippen LogP contribution is 2.28. The summed E-state index contributed by atoms with van der Waals surface area (Å²) < 4.78 is 7.65. The molecule has 1 aromatic heterocycles. The van der Waals surface area contributed by atoms with Crippen molar-refractivity contribution in [2.75, 3.05) is 25.1 Å². The average molecular weight is 339 g/mol. The van der Waals surface area contributed by atoms with E-state index in [2.05, 4.69) is 5.32 Å². The van der Waals surface area contributed by atoms with Crippen LogP contribution >= 0.6 is 0 Å². The molecule has 2 aliphatic heterocycles. The number of carbonyl (C=O) groups is 2. The van der Waals surface area contributed by atoms with Crippen LogP contribution in [0.3, 0.4) is 0 Å². The number of nitrogens with one attached hydrogen (secondary N) is 1. The van der Waals surface area contributed by atoms with Crippen LogP contribution in [0.25, 0.3) is 0 Å². The Labute approximate surface area is 146 Å². The van der Waals surface area contributed by atoms with Crippen molar-refractivity contribution in [1.29, 1.82) is 0 Å². The van der Waals surface area contributed by atoms with Gasteiger partial charge in [-0.2, -0.15) is 0 Å². The summed E-state index contributed by atoms with van der Waals surface area (Å²) in [6.45, 7) is 1.63. The number of rotatable bonds is 2. The van der Waals surface area contributed by atoms with Crippen molar-refractivity contribution in [2.24, 2.45) is 7.05 Å². The summed E-state index contributed by atoms with van der Waals surface area (Å²) in [5, 5.41) is 2.86. The lowest BCUT2D eigenvalue weighted by Gasteiger charge is -2.36. The first kappa shape index (κ1) is 15.9. The van der Waals surface area contributed by atoms with Crippen LogP contribution in [-0.2, 0) is 23.0 Å². The number of amides is 2. The molecule has 0 saturated carbocycles. The third-order valence-corrected chi connectivity index (χ3v) is 4.96. The molecule has 0 bridgehead atoms. The van der Waals surface area contributed by atoms with Crippen molar-refractivity contribution in [3.63, 3.8) is 0 Å². The summed E-state index contributed by atoms with van der Waals surface area (Å²) in [6.07, 6.45) is 3.12. The molecule has 6 nitrogen and oxygen atoms in total. The van der Waals surface area contributed by atoms with E-state index in [4.69, 9.17) is 4.74 Å². The number of nitrogens with zero attached hydrogens (tertiary/aromatic N) is 2. The monoisotopic (exact) mass is 339 g/mol. The minimum atomic E-state index is -0.0861. The van der Waals surface area contributed by atoms with Gasteiger partial charge >= 0.3 is 0 Å². The highest BCUT2D eigenvalue weighted by atomic mass is 16.5. The number of morpholine rings is 1. The molecule has 130 valence electrons. The maximum absolute atomic E-state index is 13.1. The Balaban J connectivity index is 1.63. The molecule has 0 spiro atoms. The fourth-order valence-corrected chi connectivity index (χ4v) is 3.59. The molecule has 6 heteroatoms. The van der Waals surface area contributed by atoms with Crippen LogP contribution in [0.2, 0.25) is 0 Å². The summed E-state index contributed by atoms with van der Waals surface area (Å²) in [4.78, 5) is 26.5. The number of fused-ring (bicyclic) bond motifs is 1. The lowest BCUT2D eigenvalue weighted by molar-refractivity contribution is -0.116. The van der Waals surface area contributed by atoms with Gasteiger partial charge < -0.3 is 19.5 Å². The van der Waals surface area contributed by atoms with Crippen LogP contribution in [0, 0.1) is 0 Å². The molecule has 2 aromatic rings. The molecule has 4 rings (SSSR count). The van der Waals surface area contributed by atoms with E-state index in [-0.39, 0.29) is 17.9 Å². The van der Waals surface area contributed by atoms with E-state index in [0.717, 1.165) is 16.9 Å². The maximum atomic E-state index is 13.1. The van der Waals surface area contributed by atoms with Gasteiger partial charge in [0.25, 0.3) is 5.91 Å². The number of aryl methyl sites for hydroxylation is 2. The molecule has 3 heterocycles. The van der Waals surface area contributed by atoms with Gasteiger partial charge in [-0.25, -0.2) is 0 Å². The average Bonchev–Trinajstić information content (AvgIpc) is 3.06. The van der Waals surface area contributed by atoms with E-state index >= 15 is 0 Å². The van der Waals surface area contributed by atoms with E-state index in [1.165, 1.54) is 0 Å². The molecule has 1 atom stereocenters. The molecule has 1 aromatic carbocycles. The van der Waals surface area contributed by atoms with Crippen LogP contribution in [0.4, 0.5) is 5.69 Å². The fraction of sp³-hybridized carbons (Fsp3) is 0.368. The molecule has 0 unspecified atom stereocenters. The summed E-state index contributed by atoms with van der Waals surface area (Å²) in [5.41, 5.74) is 3.57. The predicted octanol–water partition coefficient (Wildman–Crippen LogP) is 2.12. The van der Waals surface area contributed by atoms with Gasteiger partial charge in [-0.05, 0) is 42.3 Å². The summed E-state index contributed by atoms with van der Waals surface area (Å²) >= 11 is 0. The van der Waals surface area contributed by atoms with Gasteiger partial charge in [0.1, 0.15) is 0 Å². The Morgan fingerprint density at radius 3 is 2.96 bits per heavy atom. The molecule has 2 aliphatic rings. The highest BCUT2D eigenvalue weighted by molar-refractivity contribution is 5.98. The van der Waals surface area contributed by atoms with Gasteiger partial charge in [0.2, 0.25) is 5.91 Å².